The molecule has 104 valence electrons. The van der Waals surface area contributed by atoms with E-state index in [0.717, 1.165) is 6.42 Å². The molecule has 3 heterocycles. The van der Waals surface area contributed by atoms with Gasteiger partial charge in [0.05, 0.1) is 0 Å². The summed E-state index contributed by atoms with van der Waals surface area (Å²) >= 11 is 0. The van der Waals surface area contributed by atoms with Crippen LogP contribution in [0.3, 0.4) is 0 Å². The van der Waals surface area contributed by atoms with E-state index in [2.05, 4.69) is 40.0 Å². The molecule has 0 unspecified atom stereocenters. The lowest BCUT2D eigenvalue weighted by atomic mass is 10.4. The van der Waals surface area contributed by atoms with Crippen LogP contribution in [0.5, 0.6) is 0 Å². The summed E-state index contributed by atoms with van der Waals surface area (Å²) in [4.78, 5) is 4.30. The van der Waals surface area contributed by atoms with Gasteiger partial charge in [0, 0.05) is 6.54 Å². The van der Waals surface area contributed by atoms with Gasteiger partial charge < -0.3 is 11.5 Å². The normalized spacial score (nSPS) is 11.1. The molecule has 0 radical (unpaired) electrons. The minimum absolute atomic E-state index is 0.108. The second kappa shape index (κ2) is 4.60. The summed E-state index contributed by atoms with van der Waals surface area (Å²) in [6, 6.07) is 0. The molecule has 0 bridgehead atoms. The van der Waals surface area contributed by atoms with Crippen LogP contribution in [0.15, 0.2) is 9.26 Å². The van der Waals surface area contributed by atoms with Crippen LogP contribution in [-0.4, -0.2) is 35.4 Å². The molecule has 0 aliphatic rings. The van der Waals surface area contributed by atoms with Gasteiger partial charge in [-0.3, -0.25) is 0 Å². The number of aryl methyl sites for hydroxylation is 1. The van der Waals surface area contributed by atoms with Crippen LogP contribution in [0, 0.1) is 0 Å². The zero-order valence-corrected chi connectivity index (χ0v) is 10.5. The molecule has 0 amide bonds. The van der Waals surface area contributed by atoms with Crippen molar-refractivity contribution in [3.05, 3.63) is 0 Å². The van der Waals surface area contributed by atoms with Crippen molar-refractivity contribution in [2.24, 2.45) is 0 Å². The van der Waals surface area contributed by atoms with Crippen molar-refractivity contribution in [2.75, 3.05) is 11.5 Å². The molecule has 20 heavy (non-hydrogen) atoms. The molecule has 0 aliphatic heterocycles. The lowest BCUT2D eigenvalue weighted by molar-refractivity contribution is 0.310. The van der Waals surface area contributed by atoms with Crippen LogP contribution in [0.4, 0.5) is 11.6 Å². The number of aromatic nitrogens is 7. The van der Waals surface area contributed by atoms with Gasteiger partial charge in [0.15, 0.2) is 28.8 Å². The Balaban J connectivity index is 2.12. The molecule has 0 atom stereocenters. The van der Waals surface area contributed by atoms with E-state index in [0.29, 0.717) is 18.1 Å². The number of nitrogens with two attached hydrogens (primary N) is 2. The van der Waals surface area contributed by atoms with Crippen molar-refractivity contribution >= 4 is 11.6 Å². The fourth-order valence-electron chi connectivity index (χ4n) is 1.69. The molecule has 0 fully saturated rings. The molecule has 0 saturated heterocycles. The van der Waals surface area contributed by atoms with Crippen molar-refractivity contribution < 1.29 is 9.26 Å². The number of nitrogens with zero attached hydrogens (tertiary/aromatic N) is 7. The third-order valence-electron chi connectivity index (χ3n) is 2.56. The topological polar surface area (TPSA) is 161 Å². The maximum atomic E-state index is 5.68. The Morgan fingerprint density at radius 1 is 1.00 bits per heavy atom. The monoisotopic (exact) mass is 277 g/mol. The third kappa shape index (κ3) is 1.84. The second-order valence-electron chi connectivity index (χ2n) is 3.98. The Bertz CT molecular complexity index is 727. The zero-order chi connectivity index (χ0) is 14.1. The molecule has 4 N–H and O–H groups in total. The predicted octanol–water partition coefficient (Wildman–Crippen LogP) is -0.0475. The minimum atomic E-state index is 0.108. The van der Waals surface area contributed by atoms with E-state index in [9.17, 15) is 0 Å². The molecule has 3 aromatic heterocycles. The molecule has 0 saturated carbocycles. The third-order valence-corrected chi connectivity index (χ3v) is 2.56. The first-order chi connectivity index (χ1) is 9.70. The van der Waals surface area contributed by atoms with E-state index in [1.54, 1.807) is 4.68 Å². The van der Waals surface area contributed by atoms with Crippen molar-refractivity contribution in [2.45, 2.75) is 19.9 Å². The molecule has 0 aromatic carbocycles. The van der Waals surface area contributed by atoms with Crippen LogP contribution in [0.1, 0.15) is 13.3 Å². The highest BCUT2D eigenvalue weighted by molar-refractivity contribution is 5.67. The van der Waals surface area contributed by atoms with Gasteiger partial charge in [0.2, 0.25) is 5.82 Å². The van der Waals surface area contributed by atoms with Crippen LogP contribution in [0.25, 0.3) is 23.0 Å². The van der Waals surface area contributed by atoms with E-state index in [-0.39, 0.29) is 23.2 Å². The van der Waals surface area contributed by atoms with Gasteiger partial charge in [-0.15, -0.1) is 5.10 Å². The molecule has 3 rings (SSSR count). The average Bonchev–Trinajstić information content (AvgIpc) is 3.10. The summed E-state index contributed by atoms with van der Waals surface area (Å²) in [6.07, 6.45) is 0.841. The van der Waals surface area contributed by atoms with Crippen molar-refractivity contribution in [3.63, 3.8) is 0 Å². The highest BCUT2D eigenvalue weighted by Gasteiger charge is 2.22. The van der Waals surface area contributed by atoms with E-state index in [1.165, 1.54) is 0 Å². The van der Waals surface area contributed by atoms with Gasteiger partial charge in [0.1, 0.15) is 0 Å². The second-order valence-corrected chi connectivity index (χ2v) is 3.98. The van der Waals surface area contributed by atoms with Gasteiger partial charge in [-0.05, 0) is 27.0 Å². The molecule has 0 aliphatic carbocycles. The molecular weight excluding hydrogens is 266 g/mol. The number of anilines is 2. The lowest BCUT2D eigenvalue weighted by Crippen LogP contribution is -2.03. The first kappa shape index (κ1) is 12.1. The highest BCUT2D eigenvalue weighted by Crippen LogP contribution is 2.25. The SMILES string of the molecule is CCCn1nc(-c2nonc2N)nc1-c1nonc1N. The standard InChI is InChI=1S/C9H11N9O2/c1-2-3-18-9(5-7(11)17-20-15-5)12-8(13-18)4-6(10)16-19-14-4/h2-3H2,1H3,(H2,10,16)(H2,11,17). The summed E-state index contributed by atoms with van der Waals surface area (Å²) in [5.41, 5.74) is 11.9. The van der Waals surface area contributed by atoms with Gasteiger partial charge in [-0.25, -0.2) is 18.9 Å². The van der Waals surface area contributed by atoms with Gasteiger partial charge in [0.25, 0.3) is 0 Å². The first-order valence-corrected chi connectivity index (χ1v) is 5.82. The van der Waals surface area contributed by atoms with Crippen LogP contribution < -0.4 is 11.5 Å². The molecule has 3 aromatic rings. The van der Waals surface area contributed by atoms with Gasteiger partial charge >= 0.3 is 0 Å². The van der Waals surface area contributed by atoms with Crippen LogP contribution >= 0.6 is 0 Å². The van der Waals surface area contributed by atoms with Crippen LogP contribution in [0.2, 0.25) is 0 Å². The quantitative estimate of drug-likeness (QED) is 0.661. The Morgan fingerprint density at radius 2 is 1.65 bits per heavy atom. The Kier molecular flexibility index (Phi) is 2.78. The maximum Gasteiger partial charge on any atom is 0.207 e. The molecular formula is C9H11N9O2. The largest absolute Gasteiger partial charge is 0.379 e. The summed E-state index contributed by atoms with van der Waals surface area (Å²) in [6.45, 7) is 2.61. The molecule has 11 nitrogen and oxygen atoms in total. The Morgan fingerprint density at radius 3 is 2.20 bits per heavy atom. The minimum Gasteiger partial charge on any atom is -0.379 e. The fraction of sp³-hybridized carbons (Fsp3) is 0.333. The summed E-state index contributed by atoms with van der Waals surface area (Å²) in [5.74, 6) is 0.932. The van der Waals surface area contributed by atoms with Crippen LogP contribution in [-0.2, 0) is 6.54 Å². The number of rotatable bonds is 4. The van der Waals surface area contributed by atoms with Gasteiger partial charge in [-0.2, -0.15) is 0 Å². The first-order valence-electron chi connectivity index (χ1n) is 5.82. The zero-order valence-electron chi connectivity index (χ0n) is 10.5. The van der Waals surface area contributed by atoms with E-state index < -0.39 is 0 Å². The summed E-state index contributed by atoms with van der Waals surface area (Å²) in [5, 5.41) is 18.7. The van der Waals surface area contributed by atoms with E-state index in [4.69, 9.17) is 11.5 Å². The summed E-state index contributed by atoms with van der Waals surface area (Å²) in [7, 11) is 0. The fourth-order valence-corrected chi connectivity index (χ4v) is 1.69. The van der Waals surface area contributed by atoms with Crippen molar-refractivity contribution in [1.82, 2.24) is 35.4 Å². The lowest BCUT2D eigenvalue weighted by Gasteiger charge is -2.00. The smallest absolute Gasteiger partial charge is 0.207 e. The average molecular weight is 277 g/mol. The van der Waals surface area contributed by atoms with E-state index >= 15 is 0 Å². The Labute approximate surface area is 111 Å². The van der Waals surface area contributed by atoms with E-state index in [1.807, 2.05) is 6.92 Å². The molecule has 11 heteroatoms. The van der Waals surface area contributed by atoms with Gasteiger partial charge in [-0.1, -0.05) is 6.92 Å². The van der Waals surface area contributed by atoms with Crippen molar-refractivity contribution in [1.29, 1.82) is 0 Å². The summed E-state index contributed by atoms with van der Waals surface area (Å²) < 4.78 is 10.7. The van der Waals surface area contributed by atoms with Crippen molar-refractivity contribution in [3.8, 4) is 23.0 Å². The number of hydrogen-bond donors (Lipinski definition) is 2. The number of hydrogen-bond acceptors (Lipinski definition) is 10. The predicted molar refractivity (Wildman–Crippen MR) is 65.7 cm³/mol. The number of nitrogen functional groups attached to an aromatic ring is 2. The highest BCUT2D eigenvalue weighted by atomic mass is 16.6. The molecule has 0 spiro atoms. The Hall–Kier alpha value is -2.98. The maximum absolute atomic E-state index is 5.68.